The van der Waals surface area contributed by atoms with Crippen LogP contribution in [0, 0.1) is 0 Å². The Morgan fingerprint density at radius 3 is 2.20 bits per heavy atom. The van der Waals surface area contributed by atoms with Crippen molar-refractivity contribution in [3.63, 3.8) is 0 Å². The van der Waals surface area contributed by atoms with Gasteiger partial charge in [0, 0.05) is 43.8 Å². The van der Waals surface area contributed by atoms with E-state index in [1.54, 1.807) is 0 Å². The van der Waals surface area contributed by atoms with Crippen molar-refractivity contribution in [3.05, 3.63) is 52.1 Å². The quantitative estimate of drug-likeness (QED) is 0.301. The molecular weight excluding hydrogens is 363 g/mol. The molecule has 1 radical (unpaired) electrons. The van der Waals surface area contributed by atoms with Crippen LogP contribution in [-0.4, -0.2) is 78.5 Å². The molecule has 1 aromatic rings. The first-order valence-corrected chi connectivity index (χ1v) is 8.15. The number of methoxy groups -OCH3 is 2. The van der Waals surface area contributed by atoms with Gasteiger partial charge in [-0.3, -0.25) is 9.35 Å². The van der Waals surface area contributed by atoms with Crippen molar-refractivity contribution in [1.29, 1.82) is 0 Å². The molecule has 0 spiro atoms. The number of hydrogen-bond donors (Lipinski definition) is 3. The molecule has 0 saturated heterocycles. The van der Waals surface area contributed by atoms with E-state index in [2.05, 4.69) is 0 Å². The van der Waals surface area contributed by atoms with Gasteiger partial charge in [0.1, 0.15) is 16.4 Å². The maximum Gasteiger partial charge on any atom is 0.296 e. The molecule has 0 heterocycles. The maximum atomic E-state index is 12.5. The second-order valence-corrected chi connectivity index (χ2v) is 6.42. The van der Waals surface area contributed by atoms with Crippen molar-refractivity contribution in [2.75, 3.05) is 14.2 Å². The average molecular weight is 379 g/mol. The summed E-state index contributed by atoms with van der Waals surface area (Å²) in [6.45, 7) is 0. The zero-order valence-electron chi connectivity index (χ0n) is 13.9. The summed E-state index contributed by atoms with van der Waals surface area (Å²) in [7, 11) is -2.53. The summed E-state index contributed by atoms with van der Waals surface area (Å²) in [4.78, 5) is 11.8. The van der Waals surface area contributed by atoms with Gasteiger partial charge in [-0.15, -0.1) is 0 Å². The van der Waals surface area contributed by atoms with Crippen LogP contribution in [0.4, 0.5) is 0 Å². The summed E-state index contributed by atoms with van der Waals surface area (Å²) in [5.41, 5.74) is -0.527. The van der Waals surface area contributed by atoms with Crippen LogP contribution >= 0.6 is 0 Å². The van der Waals surface area contributed by atoms with E-state index in [9.17, 15) is 28.0 Å². The summed E-state index contributed by atoms with van der Waals surface area (Å²) < 4.78 is 42.8. The maximum absolute atomic E-state index is 12.5. The van der Waals surface area contributed by atoms with E-state index >= 15 is 0 Å². The first kappa shape index (κ1) is 21.8. The van der Waals surface area contributed by atoms with Gasteiger partial charge in [0.25, 0.3) is 10.1 Å². The fourth-order valence-electron chi connectivity index (χ4n) is 2.43. The van der Waals surface area contributed by atoms with E-state index < -0.39 is 44.3 Å². The van der Waals surface area contributed by atoms with Gasteiger partial charge in [0.05, 0.1) is 17.6 Å². The predicted molar refractivity (Wildman–Crippen MR) is 88.8 cm³/mol. The number of aromatic hydroxyl groups is 1. The largest absolute Gasteiger partial charge is 0.511 e. The molecule has 0 amide bonds. The van der Waals surface area contributed by atoms with Gasteiger partial charge in [0.2, 0.25) is 5.79 Å². The van der Waals surface area contributed by atoms with Gasteiger partial charge in [0.15, 0.2) is 5.78 Å². The molecular formula is C15H16NaO8S. The number of aliphatic hydroxyl groups is 1. The SMILES string of the molecule is COC1(OC)CC(O)=C(C(=O)c2ccccc2O)C=C1S(=O)(=O)O.[Na]. The fourth-order valence-corrected chi connectivity index (χ4v) is 3.33. The third-order valence-corrected chi connectivity index (χ3v) is 4.68. The molecule has 0 fully saturated rings. The average Bonchev–Trinajstić information content (AvgIpc) is 2.53. The number of rotatable bonds is 5. The minimum atomic E-state index is -4.79. The molecule has 2 rings (SSSR count). The van der Waals surface area contributed by atoms with Crippen LogP contribution in [0.15, 0.2) is 46.6 Å². The normalized spacial score (nSPS) is 16.8. The van der Waals surface area contributed by atoms with Crippen molar-refractivity contribution in [2.45, 2.75) is 12.2 Å². The molecule has 1 aromatic carbocycles. The monoisotopic (exact) mass is 379 g/mol. The third kappa shape index (κ3) is 4.14. The summed E-state index contributed by atoms with van der Waals surface area (Å²) in [5, 5.41) is 19.9. The summed E-state index contributed by atoms with van der Waals surface area (Å²) in [5.74, 6) is -3.60. The standard InChI is InChI=1S/C15H16O8S.Na/c1-22-15(23-2)8-12(17)10(7-13(15)24(19,20)21)14(18)9-5-3-4-6-11(9)16;/h3-7,16-17H,8H2,1-2H3,(H,19,20,21);. The number of Topliss-reactive ketones (excluding diaryl/α,β-unsaturated/α-hetero) is 1. The Bertz CT molecular complexity index is 837. The van der Waals surface area contributed by atoms with E-state index in [1.807, 2.05) is 0 Å². The molecule has 0 aliphatic heterocycles. The summed E-state index contributed by atoms with van der Waals surface area (Å²) in [6, 6.07) is 5.58. The number of aliphatic hydroxyl groups excluding tert-OH is 1. The molecule has 0 aromatic heterocycles. The molecule has 0 atom stereocenters. The second-order valence-electron chi connectivity index (χ2n) is 5.03. The Balaban J connectivity index is 0.00000312. The Hall–Kier alpha value is -1.20. The Labute approximate surface area is 166 Å². The number of ether oxygens (including phenoxy) is 2. The van der Waals surface area contributed by atoms with E-state index in [-0.39, 0.29) is 40.9 Å². The Kier molecular flexibility index (Phi) is 6.99. The molecule has 10 heteroatoms. The molecule has 8 nitrogen and oxygen atoms in total. The van der Waals surface area contributed by atoms with Gasteiger partial charge in [-0.1, -0.05) is 12.1 Å². The number of allylic oxidation sites excluding steroid dienone is 2. The summed E-state index contributed by atoms with van der Waals surface area (Å²) in [6.07, 6.45) is 0.260. The van der Waals surface area contributed by atoms with E-state index in [0.717, 1.165) is 20.3 Å². The van der Waals surface area contributed by atoms with Gasteiger partial charge in [-0.25, -0.2) is 0 Å². The minimum absolute atomic E-state index is 0. The number of carbonyl (C=O) groups is 1. The minimum Gasteiger partial charge on any atom is -0.511 e. The smallest absolute Gasteiger partial charge is 0.296 e. The number of carbonyl (C=O) groups excluding carboxylic acids is 1. The van der Waals surface area contributed by atoms with Gasteiger partial charge >= 0.3 is 0 Å². The van der Waals surface area contributed by atoms with Crippen molar-refractivity contribution >= 4 is 45.5 Å². The van der Waals surface area contributed by atoms with Crippen LogP contribution in [0.1, 0.15) is 16.8 Å². The second kappa shape index (κ2) is 8.00. The number of phenols is 1. The summed E-state index contributed by atoms with van der Waals surface area (Å²) >= 11 is 0. The first-order valence-electron chi connectivity index (χ1n) is 6.71. The van der Waals surface area contributed by atoms with Crippen LogP contribution in [0.2, 0.25) is 0 Å². The van der Waals surface area contributed by atoms with Crippen molar-refractivity contribution in [3.8, 4) is 5.75 Å². The molecule has 0 bridgehead atoms. The van der Waals surface area contributed by atoms with Crippen molar-refractivity contribution in [2.24, 2.45) is 0 Å². The molecule has 0 unspecified atom stereocenters. The van der Waals surface area contributed by atoms with Crippen molar-refractivity contribution in [1.82, 2.24) is 0 Å². The van der Waals surface area contributed by atoms with E-state index in [1.165, 1.54) is 24.3 Å². The number of phenolic OH excluding ortho intramolecular Hbond substituents is 1. The molecule has 131 valence electrons. The van der Waals surface area contributed by atoms with Gasteiger partial charge < -0.3 is 19.7 Å². The number of ketones is 1. The van der Waals surface area contributed by atoms with Crippen LogP contribution in [0.5, 0.6) is 5.75 Å². The Morgan fingerprint density at radius 2 is 1.72 bits per heavy atom. The van der Waals surface area contributed by atoms with Gasteiger partial charge in [-0.2, -0.15) is 8.42 Å². The van der Waals surface area contributed by atoms with Crippen molar-refractivity contribution < 1.29 is 37.5 Å². The van der Waals surface area contributed by atoms with E-state index in [4.69, 9.17) is 9.47 Å². The third-order valence-electron chi connectivity index (χ3n) is 3.69. The topological polar surface area (TPSA) is 130 Å². The molecule has 1 aliphatic rings. The fraction of sp³-hybridized carbons (Fsp3) is 0.267. The van der Waals surface area contributed by atoms with Crippen LogP contribution in [-0.2, 0) is 19.6 Å². The van der Waals surface area contributed by atoms with E-state index in [0.29, 0.717) is 0 Å². The zero-order chi connectivity index (χ0) is 18.1. The molecule has 3 N–H and O–H groups in total. The number of benzene rings is 1. The number of hydrogen-bond acceptors (Lipinski definition) is 7. The number of para-hydroxylation sites is 1. The molecule has 0 saturated carbocycles. The zero-order valence-corrected chi connectivity index (χ0v) is 16.7. The Morgan fingerprint density at radius 1 is 1.16 bits per heavy atom. The molecule has 25 heavy (non-hydrogen) atoms. The van der Waals surface area contributed by atoms with Crippen LogP contribution in [0.25, 0.3) is 0 Å². The predicted octanol–water partition coefficient (Wildman–Crippen LogP) is 1.17. The van der Waals surface area contributed by atoms with Crippen LogP contribution < -0.4 is 0 Å². The van der Waals surface area contributed by atoms with Crippen LogP contribution in [0.3, 0.4) is 0 Å². The van der Waals surface area contributed by atoms with Gasteiger partial charge in [-0.05, 0) is 18.2 Å². The first-order chi connectivity index (χ1) is 11.2. The molecule has 1 aliphatic carbocycles.